The van der Waals surface area contributed by atoms with Gasteiger partial charge in [-0.05, 0) is 24.0 Å². The number of carbonyl (C=O) groups excluding carboxylic acids is 1. The molecule has 0 spiro atoms. The van der Waals surface area contributed by atoms with Gasteiger partial charge in [0.1, 0.15) is 0 Å². The lowest BCUT2D eigenvalue weighted by atomic mass is 9.85. The largest absolute Gasteiger partial charge is 0.308 e. The van der Waals surface area contributed by atoms with Crippen LogP contribution >= 0.6 is 0 Å². The Labute approximate surface area is 114 Å². The fraction of sp³-hybridized carbons (Fsp3) is 0.500. The van der Waals surface area contributed by atoms with Gasteiger partial charge < -0.3 is 4.90 Å². The van der Waals surface area contributed by atoms with E-state index in [-0.39, 0.29) is 23.3 Å². The molecule has 0 aliphatic carbocycles. The molecule has 0 bridgehead atoms. The van der Waals surface area contributed by atoms with Crippen molar-refractivity contribution in [3.63, 3.8) is 0 Å². The van der Waals surface area contributed by atoms with E-state index in [4.69, 9.17) is 5.26 Å². The van der Waals surface area contributed by atoms with E-state index >= 15 is 0 Å². The van der Waals surface area contributed by atoms with Crippen molar-refractivity contribution in [1.29, 1.82) is 5.26 Å². The highest BCUT2D eigenvalue weighted by Gasteiger charge is 2.39. The monoisotopic (exact) mass is 256 g/mol. The van der Waals surface area contributed by atoms with Gasteiger partial charge in [0.25, 0.3) is 0 Å². The van der Waals surface area contributed by atoms with Gasteiger partial charge in [-0.3, -0.25) is 4.79 Å². The summed E-state index contributed by atoms with van der Waals surface area (Å²) >= 11 is 0. The molecule has 19 heavy (non-hydrogen) atoms. The second-order valence-corrected chi connectivity index (χ2v) is 6.21. The molecule has 100 valence electrons. The van der Waals surface area contributed by atoms with Crippen molar-refractivity contribution in [2.75, 3.05) is 4.90 Å². The van der Waals surface area contributed by atoms with E-state index in [1.807, 2.05) is 25.1 Å². The van der Waals surface area contributed by atoms with Crippen LogP contribution in [0.4, 0.5) is 5.69 Å². The maximum atomic E-state index is 12.2. The Bertz CT molecular complexity index is 536. The summed E-state index contributed by atoms with van der Waals surface area (Å²) in [5.74, 6) is -0.156. The predicted molar refractivity (Wildman–Crippen MR) is 75.8 cm³/mol. The quantitative estimate of drug-likeness (QED) is 0.774. The molecule has 1 heterocycles. The average Bonchev–Trinajstić information content (AvgIpc) is 2.63. The van der Waals surface area contributed by atoms with Crippen LogP contribution in [0.25, 0.3) is 0 Å². The molecule has 2 rings (SSSR count). The second kappa shape index (κ2) is 4.70. The molecule has 1 fully saturated rings. The minimum absolute atomic E-state index is 0.0265. The van der Waals surface area contributed by atoms with Gasteiger partial charge in [0.15, 0.2) is 0 Å². The molecule has 1 aliphatic rings. The number of benzene rings is 1. The Morgan fingerprint density at radius 2 is 1.95 bits per heavy atom. The fourth-order valence-corrected chi connectivity index (χ4v) is 2.69. The maximum absolute atomic E-state index is 12.2. The van der Waals surface area contributed by atoms with E-state index in [0.29, 0.717) is 6.42 Å². The van der Waals surface area contributed by atoms with Crippen LogP contribution in [0.2, 0.25) is 0 Å². The van der Waals surface area contributed by atoms with E-state index < -0.39 is 0 Å². The minimum atomic E-state index is -0.208. The number of hydrogen-bond acceptors (Lipinski definition) is 2. The fourth-order valence-electron chi connectivity index (χ4n) is 2.69. The van der Waals surface area contributed by atoms with Gasteiger partial charge in [0, 0.05) is 12.1 Å². The Morgan fingerprint density at radius 1 is 1.32 bits per heavy atom. The molecule has 3 heteroatoms. The van der Waals surface area contributed by atoms with E-state index in [2.05, 4.69) is 32.9 Å². The summed E-state index contributed by atoms with van der Waals surface area (Å²) in [4.78, 5) is 14.0. The number of hydrogen-bond donors (Lipinski definition) is 0. The standard InChI is InChI=1S/C16H20N2O/c1-11-12(10-17)9-15(19)18(11)14-8-6-5-7-13(14)16(2,3)4/h5-8,11-12H,9H2,1-4H3. The number of rotatable bonds is 1. The van der Waals surface area contributed by atoms with Crippen LogP contribution in [-0.4, -0.2) is 11.9 Å². The second-order valence-electron chi connectivity index (χ2n) is 6.21. The van der Waals surface area contributed by atoms with Crippen molar-refractivity contribution >= 4 is 11.6 Å². The topological polar surface area (TPSA) is 44.1 Å². The summed E-state index contributed by atoms with van der Waals surface area (Å²) < 4.78 is 0. The summed E-state index contributed by atoms with van der Waals surface area (Å²) in [6.07, 6.45) is 0.330. The van der Waals surface area contributed by atoms with Gasteiger partial charge in [0.2, 0.25) is 5.91 Å². The Balaban J connectivity index is 2.49. The lowest BCUT2D eigenvalue weighted by Gasteiger charge is -2.30. The average molecular weight is 256 g/mol. The number of nitriles is 1. The molecule has 1 saturated heterocycles. The van der Waals surface area contributed by atoms with Crippen molar-refractivity contribution in [1.82, 2.24) is 0 Å². The highest BCUT2D eigenvalue weighted by atomic mass is 16.2. The van der Waals surface area contributed by atoms with Crippen LogP contribution in [-0.2, 0) is 10.2 Å². The maximum Gasteiger partial charge on any atom is 0.228 e. The Kier molecular flexibility index (Phi) is 3.36. The number of anilines is 1. The summed E-state index contributed by atoms with van der Waals surface area (Å²) in [6.45, 7) is 8.37. The minimum Gasteiger partial charge on any atom is -0.308 e. The molecule has 0 N–H and O–H groups in total. The van der Waals surface area contributed by atoms with Crippen molar-refractivity contribution in [3.05, 3.63) is 29.8 Å². The van der Waals surface area contributed by atoms with Crippen LogP contribution < -0.4 is 4.90 Å². The highest BCUT2D eigenvalue weighted by Crippen LogP contribution is 2.37. The molecule has 1 amide bonds. The lowest BCUT2D eigenvalue weighted by molar-refractivity contribution is -0.117. The third-order valence-electron chi connectivity index (χ3n) is 3.79. The number of carbonyl (C=O) groups is 1. The molecular weight excluding hydrogens is 236 g/mol. The SMILES string of the molecule is CC1C(C#N)CC(=O)N1c1ccccc1C(C)(C)C. The van der Waals surface area contributed by atoms with Crippen molar-refractivity contribution < 1.29 is 4.79 Å². The highest BCUT2D eigenvalue weighted by molar-refractivity contribution is 5.97. The summed E-state index contributed by atoms with van der Waals surface area (Å²) in [7, 11) is 0. The van der Waals surface area contributed by atoms with E-state index in [1.165, 1.54) is 0 Å². The smallest absolute Gasteiger partial charge is 0.228 e. The molecule has 0 radical (unpaired) electrons. The van der Waals surface area contributed by atoms with Crippen LogP contribution in [0.5, 0.6) is 0 Å². The van der Waals surface area contributed by atoms with Gasteiger partial charge in [0.05, 0.1) is 18.0 Å². The lowest BCUT2D eigenvalue weighted by Crippen LogP contribution is -2.34. The third kappa shape index (κ3) is 2.35. The molecule has 1 aromatic carbocycles. The zero-order valence-electron chi connectivity index (χ0n) is 12.0. The first-order valence-electron chi connectivity index (χ1n) is 6.67. The van der Waals surface area contributed by atoms with Gasteiger partial charge in [-0.15, -0.1) is 0 Å². The first-order valence-corrected chi connectivity index (χ1v) is 6.67. The van der Waals surface area contributed by atoms with Crippen molar-refractivity contribution in [2.45, 2.75) is 45.6 Å². The van der Waals surface area contributed by atoms with Crippen molar-refractivity contribution in [2.24, 2.45) is 5.92 Å². The zero-order valence-corrected chi connectivity index (χ0v) is 12.0. The molecule has 2 atom stereocenters. The first kappa shape index (κ1) is 13.6. The summed E-state index contributed by atoms with van der Waals surface area (Å²) in [5, 5.41) is 9.12. The van der Waals surface area contributed by atoms with Crippen LogP contribution in [0.1, 0.15) is 39.7 Å². The van der Waals surface area contributed by atoms with E-state index in [9.17, 15) is 4.79 Å². The first-order chi connectivity index (χ1) is 8.86. The van der Waals surface area contributed by atoms with Crippen LogP contribution in [0, 0.1) is 17.2 Å². The van der Waals surface area contributed by atoms with Crippen LogP contribution in [0.15, 0.2) is 24.3 Å². The predicted octanol–water partition coefficient (Wildman–Crippen LogP) is 3.25. The molecule has 0 saturated carbocycles. The molecular formula is C16H20N2O. The van der Waals surface area contributed by atoms with Gasteiger partial charge in [-0.2, -0.15) is 5.26 Å². The molecule has 1 aliphatic heterocycles. The van der Waals surface area contributed by atoms with Crippen molar-refractivity contribution in [3.8, 4) is 6.07 Å². The molecule has 0 aromatic heterocycles. The number of nitrogens with zero attached hydrogens (tertiary/aromatic N) is 2. The summed E-state index contributed by atoms with van der Waals surface area (Å²) in [6, 6.07) is 10.2. The third-order valence-corrected chi connectivity index (χ3v) is 3.79. The van der Waals surface area contributed by atoms with Gasteiger partial charge in [-0.25, -0.2) is 0 Å². The Morgan fingerprint density at radius 3 is 2.47 bits per heavy atom. The summed E-state index contributed by atoms with van der Waals surface area (Å²) in [5.41, 5.74) is 2.07. The zero-order chi connectivity index (χ0) is 14.2. The van der Waals surface area contributed by atoms with Gasteiger partial charge in [-0.1, -0.05) is 39.0 Å². The van der Waals surface area contributed by atoms with E-state index in [1.54, 1.807) is 4.90 Å². The van der Waals surface area contributed by atoms with E-state index in [0.717, 1.165) is 11.3 Å². The number of amides is 1. The van der Waals surface area contributed by atoms with Crippen LogP contribution in [0.3, 0.4) is 0 Å². The normalized spacial score (nSPS) is 23.5. The molecule has 1 aromatic rings. The number of para-hydroxylation sites is 1. The van der Waals surface area contributed by atoms with Gasteiger partial charge >= 0.3 is 0 Å². The molecule has 3 nitrogen and oxygen atoms in total. The molecule has 2 unspecified atom stereocenters. The Hall–Kier alpha value is -1.82.